The molecule has 3 heterocycles. The number of rotatable bonds is 4. The molecule has 7 heteroatoms. The van der Waals surface area contributed by atoms with E-state index in [1.165, 1.54) is 35.1 Å². The summed E-state index contributed by atoms with van der Waals surface area (Å²) in [6, 6.07) is 14.4. The Morgan fingerprint density at radius 2 is 1.92 bits per heavy atom. The van der Waals surface area contributed by atoms with E-state index in [9.17, 15) is 4.79 Å². The van der Waals surface area contributed by atoms with Gasteiger partial charge >= 0.3 is 5.91 Å². The number of carbonyl (C=O) groups excluding carboxylic acids is 1. The first-order chi connectivity index (χ1) is 11.8. The van der Waals surface area contributed by atoms with Gasteiger partial charge in [-0.3, -0.25) is 4.79 Å². The largest absolute Gasteiger partial charge is 0.463 e. The van der Waals surface area contributed by atoms with Crippen molar-refractivity contribution in [2.75, 3.05) is 5.01 Å². The molecular formula is C17H11N3O3S. The maximum atomic E-state index is 12.7. The predicted molar refractivity (Wildman–Crippen MR) is 91.4 cm³/mol. The van der Waals surface area contributed by atoms with E-state index in [0.29, 0.717) is 10.9 Å². The molecule has 0 aliphatic rings. The molecule has 0 radical (unpaired) electrons. The van der Waals surface area contributed by atoms with E-state index < -0.39 is 5.91 Å². The Morgan fingerprint density at radius 3 is 2.67 bits per heavy atom. The van der Waals surface area contributed by atoms with Crippen molar-refractivity contribution in [3.8, 4) is 0 Å². The zero-order valence-electron chi connectivity index (χ0n) is 12.3. The molecule has 0 atom stereocenters. The van der Waals surface area contributed by atoms with Crippen molar-refractivity contribution < 1.29 is 13.6 Å². The molecule has 0 spiro atoms. The van der Waals surface area contributed by atoms with Gasteiger partial charge in [0.15, 0.2) is 5.76 Å². The van der Waals surface area contributed by atoms with Gasteiger partial charge in [-0.15, -0.1) is 0 Å². The Bertz CT molecular complexity index is 954. The first-order valence-electron chi connectivity index (χ1n) is 7.12. The lowest BCUT2D eigenvalue weighted by Gasteiger charge is -2.11. The number of hydrogen-bond acceptors (Lipinski definition) is 6. The van der Waals surface area contributed by atoms with Crippen molar-refractivity contribution in [3.63, 3.8) is 0 Å². The normalized spacial score (nSPS) is 11.3. The van der Waals surface area contributed by atoms with E-state index in [4.69, 9.17) is 8.83 Å². The van der Waals surface area contributed by atoms with Crippen molar-refractivity contribution in [2.24, 2.45) is 5.10 Å². The fourth-order valence-electron chi connectivity index (χ4n) is 2.12. The molecule has 1 amide bonds. The fourth-order valence-corrected chi connectivity index (χ4v) is 3.05. The molecule has 0 N–H and O–H groups in total. The second-order valence-electron chi connectivity index (χ2n) is 4.82. The summed E-state index contributed by atoms with van der Waals surface area (Å²) in [5.74, 6) is 0.320. The van der Waals surface area contributed by atoms with Crippen LogP contribution in [0.3, 0.4) is 0 Å². The minimum atomic E-state index is -0.401. The van der Waals surface area contributed by atoms with Gasteiger partial charge in [-0.1, -0.05) is 23.5 Å². The fraction of sp³-hybridized carbons (Fsp3) is 0. The third-order valence-corrected chi connectivity index (χ3v) is 4.24. The number of benzene rings is 1. The minimum Gasteiger partial charge on any atom is -0.463 e. The van der Waals surface area contributed by atoms with Crippen LogP contribution in [0.25, 0.3) is 10.2 Å². The zero-order valence-corrected chi connectivity index (χ0v) is 13.1. The number of nitrogens with zero attached hydrogens (tertiary/aromatic N) is 3. The number of furan rings is 2. The third-order valence-electron chi connectivity index (χ3n) is 3.23. The van der Waals surface area contributed by atoms with Gasteiger partial charge < -0.3 is 8.83 Å². The number of fused-ring (bicyclic) bond motifs is 1. The van der Waals surface area contributed by atoms with Crippen LogP contribution in [0.1, 0.15) is 16.3 Å². The summed E-state index contributed by atoms with van der Waals surface area (Å²) >= 11 is 1.38. The molecule has 0 saturated carbocycles. The van der Waals surface area contributed by atoms with Gasteiger partial charge in [-0.25, -0.2) is 4.98 Å². The minimum absolute atomic E-state index is 0.186. The number of amides is 1. The summed E-state index contributed by atoms with van der Waals surface area (Å²) in [6.07, 6.45) is 4.45. The Balaban J connectivity index is 1.75. The van der Waals surface area contributed by atoms with Crippen LogP contribution in [0, 0.1) is 0 Å². The highest BCUT2D eigenvalue weighted by Gasteiger charge is 2.23. The second kappa shape index (κ2) is 6.13. The maximum Gasteiger partial charge on any atom is 0.316 e. The molecule has 6 nitrogen and oxygen atoms in total. The molecule has 118 valence electrons. The predicted octanol–water partition coefficient (Wildman–Crippen LogP) is 4.16. The van der Waals surface area contributed by atoms with Crippen LogP contribution < -0.4 is 5.01 Å². The molecule has 3 aromatic heterocycles. The van der Waals surface area contributed by atoms with Crippen LogP contribution in [-0.2, 0) is 0 Å². The van der Waals surface area contributed by atoms with Gasteiger partial charge in [0.05, 0.1) is 29.0 Å². The Kier molecular flexibility index (Phi) is 3.68. The van der Waals surface area contributed by atoms with Crippen molar-refractivity contribution in [2.45, 2.75) is 0 Å². The van der Waals surface area contributed by atoms with E-state index in [1.807, 2.05) is 24.3 Å². The number of anilines is 1. The van der Waals surface area contributed by atoms with Crippen LogP contribution in [0.15, 0.2) is 75.0 Å². The number of thiazole rings is 1. The van der Waals surface area contributed by atoms with E-state index in [0.717, 1.165) is 10.2 Å². The number of hydrogen-bond donors (Lipinski definition) is 0. The quantitative estimate of drug-likeness (QED) is 0.414. The van der Waals surface area contributed by atoms with Crippen molar-refractivity contribution in [1.29, 1.82) is 0 Å². The molecule has 24 heavy (non-hydrogen) atoms. The first kappa shape index (κ1) is 14.4. The highest BCUT2D eigenvalue weighted by molar-refractivity contribution is 7.22. The molecule has 0 bridgehead atoms. The van der Waals surface area contributed by atoms with Gasteiger partial charge in [0, 0.05) is 0 Å². The Hall–Kier alpha value is -3.19. The first-order valence-corrected chi connectivity index (χ1v) is 7.94. The maximum absolute atomic E-state index is 12.7. The summed E-state index contributed by atoms with van der Waals surface area (Å²) in [4.78, 5) is 17.2. The summed E-state index contributed by atoms with van der Waals surface area (Å²) in [5.41, 5.74) is 0.808. The van der Waals surface area contributed by atoms with Gasteiger partial charge in [-0.2, -0.15) is 10.1 Å². The number of para-hydroxylation sites is 1. The highest BCUT2D eigenvalue weighted by atomic mass is 32.1. The smallest absolute Gasteiger partial charge is 0.316 e. The lowest BCUT2D eigenvalue weighted by molar-refractivity contribution is 0.0961. The lowest BCUT2D eigenvalue weighted by atomic mass is 10.3. The molecule has 1 aromatic carbocycles. The van der Waals surface area contributed by atoms with Crippen LogP contribution in [0.2, 0.25) is 0 Å². The molecule has 0 saturated heterocycles. The van der Waals surface area contributed by atoms with E-state index in [1.54, 1.807) is 24.3 Å². The molecule has 4 rings (SSSR count). The second-order valence-corrected chi connectivity index (χ2v) is 5.83. The summed E-state index contributed by atoms with van der Waals surface area (Å²) in [7, 11) is 0. The van der Waals surface area contributed by atoms with Crippen molar-refractivity contribution in [1.82, 2.24) is 4.98 Å². The summed E-state index contributed by atoms with van der Waals surface area (Å²) in [5, 5.41) is 5.91. The molecule has 0 aliphatic carbocycles. The number of hydrazone groups is 1. The Labute approximate surface area is 140 Å². The highest BCUT2D eigenvalue weighted by Crippen LogP contribution is 2.29. The van der Waals surface area contributed by atoms with E-state index >= 15 is 0 Å². The van der Waals surface area contributed by atoms with Crippen LogP contribution in [0.5, 0.6) is 0 Å². The SMILES string of the molecule is O=C(c1ccco1)N(/N=C/c1ccco1)c1nc2ccccc2s1. The molecule has 0 aliphatic heterocycles. The van der Waals surface area contributed by atoms with Gasteiger partial charge in [0.25, 0.3) is 0 Å². The van der Waals surface area contributed by atoms with Crippen LogP contribution >= 0.6 is 11.3 Å². The molecule has 4 aromatic rings. The number of carbonyl (C=O) groups is 1. The third kappa shape index (κ3) is 2.72. The zero-order chi connectivity index (χ0) is 16.4. The van der Waals surface area contributed by atoms with Crippen molar-refractivity contribution >= 4 is 38.8 Å². The van der Waals surface area contributed by atoms with E-state index in [2.05, 4.69) is 10.1 Å². The average molecular weight is 337 g/mol. The topological polar surface area (TPSA) is 71.8 Å². The molecule has 0 fully saturated rings. The van der Waals surface area contributed by atoms with Gasteiger partial charge in [0.1, 0.15) is 5.76 Å². The van der Waals surface area contributed by atoms with Crippen LogP contribution in [-0.4, -0.2) is 17.1 Å². The van der Waals surface area contributed by atoms with Crippen LogP contribution in [0.4, 0.5) is 5.13 Å². The van der Waals surface area contributed by atoms with Gasteiger partial charge in [0.2, 0.25) is 5.13 Å². The molecule has 0 unspecified atom stereocenters. The number of aromatic nitrogens is 1. The van der Waals surface area contributed by atoms with E-state index in [-0.39, 0.29) is 5.76 Å². The standard InChI is InChI=1S/C17H11N3O3S/c21-16(14-7-4-10-23-14)20(18-11-12-5-3-9-22-12)17-19-13-6-1-2-8-15(13)24-17/h1-11H/b18-11+. The molecular weight excluding hydrogens is 326 g/mol. The summed E-state index contributed by atoms with van der Waals surface area (Å²) < 4.78 is 11.4. The van der Waals surface area contributed by atoms with Crippen molar-refractivity contribution in [3.05, 3.63) is 72.6 Å². The lowest BCUT2D eigenvalue weighted by Crippen LogP contribution is -2.25. The monoisotopic (exact) mass is 337 g/mol. The Morgan fingerprint density at radius 1 is 1.08 bits per heavy atom. The summed E-state index contributed by atoms with van der Waals surface area (Å²) in [6.45, 7) is 0. The van der Waals surface area contributed by atoms with Gasteiger partial charge in [-0.05, 0) is 36.4 Å². The average Bonchev–Trinajstić information content (AvgIpc) is 3.35.